The van der Waals surface area contributed by atoms with Crippen LogP contribution >= 0.6 is 0 Å². The van der Waals surface area contributed by atoms with Crippen LogP contribution in [0.1, 0.15) is 21.5 Å². The van der Waals surface area contributed by atoms with E-state index < -0.39 is 23.1 Å². The maximum absolute atomic E-state index is 14.1. The van der Waals surface area contributed by atoms with E-state index in [4.69, 9.17) is 5.73 Å². The van der Waals surface area contributed by atoms with Gasteiger partial charge in [0.1, 0.15) is 17.2 Å². The van der Waals surface area contributed by atoms with E-state index in [0.29, 0.717) is 5.69 Å². The molecule has 2 aromatic rings. The molecule has 0 unspecified atom stereocenters. The summed E-state index contributed by atoms with van der Waals surface area (Å²) in [6, 6.07) is 9.37. The van der Waals surface area contributed by atoms with E-state index in [1.54, 1.807) is 24.3 Å². The Morgan fingerprint density at radius 3 is 2.52 bits per heavy atom. The summed E-state index contributed by atoms with van der Waals surface area (Å²) in [5, 5.41) is 0. The topological polar surface area (TPSA) is 46.3 Å². The van der Waals surface area contributed by atoms with Gasteiger partial charge >= 0.3 is 0 Å². The molecule has 0 aliphatic heterocycles. The van der Waals surface area contributed by atoms with Crippen LogP contribution in [0.15, 0.2) is 36.4 Å². The minimum atomic E-state index is -0.875. The molecule has 1 amide bonds. The number of carbonyl (C=O) groups is 1. The molecule has 0 aromatic heterocycles. The van der Waals surface area contributed by atoms with Crippen molar-refractivity contribution >= 4 is 11.6 Å². The number of rotatable bonds is 3. The predicted octanol–water partition coefficient (Wildman–Crippen LogP) is 3.01. The zero-order valence-electron chi connectivity index (χ0n) is 11.9. The van der Waals surface area contributed by atoms with E-state index in [9.17, 15) is 13.6 Å². The quantitative estimate of drug-likeness (QED) is 0.944. The molecule has 2 N–H and O–H groups in total. The van der Waals surface area contributed by atoms with Crippen molar-refractivity contribution in [1.29, 1.82) is 0 Å². The van der Waals surface area contributed by atoms with Gasteiger partial charge in [-0.2, -0.15) is 0 Å². The number of anilines is 1. The van der Waals surface area contributed by atoms with Gasteiger partial charge in [0.25, 0.3) is 5.91 Å². The summed E-state index contributed by atoms with van der Waals surface area (Å²) in [7, 11) is 1.47. The number of carbonyl (C=O) groups excluding carboxylic acids is 1. The zero-order chi connectivity index (χ0) is 15.6. The molecule has 0 saturated heterocycles. The van der Waals surface area contributed by atoms with Gasteiger partial charge in [-0.1, -0.05) is 24.3 Å². The van der Waals surface area contributed by atoms with E-state index in [1.165, 1.54) is 24.9 Å². The minimum absolute atomic E-state index is 0.222. The van der Waals surface area contributed by atoms with Gasteiger partial charge in [0.2, 0.25) is 0 Å². The van der Waals surface area contributed by atoms with Crippen LogP contribution in [0.4, 0.5) is 14.5 Å². The molecule has 0 aliphatic rings. The van der Waals surface area contributed by atoms with Gasteiger partial charge in [0, 0.05) is 19.3 Å². The highest BCUT2D eigenvalue weighted by Gasteiger charge is 2.24. The molecule has 3 nitrogen and oxygen atoms in total. The number of nitrogens with zero attached hydrogens (tertiary/aromatic N) is 1. The molecule has 0 spiro atoms. The first-order valence-electron chi connectivity index (χ1n) is 6.48. The van der Waals surface area contributed by atoms with Gasteiger partial charge in [-0.3, -0.25) is 4.79 Å². The minimum Gasteiger partial charge on any atom is -0.326 e. The van der Waals surface area contributed by atoms with E-state index in [2.05, 4.69) is 0 Å². The maximum atomic E-state index is 14.1. The van der Waals surface area contributed by atoms with Crippen molar-refractivity contribution in [2.75, 3.05) is 11.9 Å². The first-order valence-corrected chi connectivity index (χ1v) is 6.48. The molecular formula is C16H16F2N2O. The summed E-state index contributed by atoms with van der Waals surface area (Å²) >= 11 is 0. The summed E-state index contributed by atoms with van der Waals surface area (Å²) < 4.78 is 27.9. The van der Waals surface area contributed by atoms with Crippen LogP contribution in [0.25, 0.3) is 0 Å². The normalized spacial score (nSPS) is 10.5. The number of halogens is 2. The summed E-state index contributed by atoms with van der Waals surface area (Å²) in [5.41, 5.74) is 6.55. The van der Waals surface area contributed by atoms with Crippen LogP contribution in [0, 0.1) is 18.6 Å². The van der Waals surface area contributed by atoms with Crippen molar-refractivity contribution in [2.24, 2.45) is 5.73 Å². The number of aryl methyl sites for hydroxylation is 1. The first kappa shape index (κ1) is 15.1. The lowest BCUT2D eigenvalue weighted by atomic mass is 10.1. The predicted molar refractivity (Wildman–Crippen MR) is 78.2 cm³/mol. The highest BCUT2D eigenvalue weighted by atomic mass is 19.1. The second kappa shape index (κ2) is 6.01. The average Bonchev–Trinajstić information content (AvgIpc) is 2.50. The molecule has 0 fully saturated rings. The number of amides is 1. The fourth-order valence-electron chi connectivity index (χ4n) is 2.14. The van der Waals surface area contributed by atoms with Gasteiger partial charge in [-0.15, -0.1) is 0 Å². The lowest BCUT2D eigenvalue weighted by Gasteiger charge is -2.21. The van der Waals surface area contributed by atoms with Gasteiger partial charge < -0.3 is 10.6 Å². The van der Waals surface area contributed by atoms with E-state index >= 15 is 0 Å². The van der Waals surface area contributed by atoms with Gasteiger partial charge in [0.05, 0.1) is 0 Å². The number of nitrogens with two attached hydrogens (primary N) is 1. The summed E-state index contributed by atoms with van der Waals surface area (Å²) in [6.45, 7) is 1.71. The standard InChI is InChI=1S/C16H16F2N2O/c1-10-7-8-12(17)14(15(10)18)16(21)20(2)13-6-4-3-5-11(13)9-19/h3-8H,9,19H2,1-2H3. The molecular weight excluding hydrogens is 274 g/mol. The molecule has 0 atom stereocenters. The molecule has 2 rings (SSSR count). The fourth-order valence-corrected chi connectivity index (χ4v) is 2.14. The SMILES string of the molecule is Cc1ccc(F)c(C(=O)N(C)c2ccccc2CN)c1F. The first-order chi connectivity index (χ1) is 9.97. The molecule has 0 aliphatic carbocycles. The van der Waals surface area contributed by atoms with Crippen LogP contribution < -0.4 is 10.6 Å². The largest absolute Gasteiger partial charge is 0.326 e. The lowest BCUT2D eigenvalue weighted by Crippen LogP contribution is -2.29. The third kappa shape index (κ3) is 2.78. The van der Waals surface area contributed by atoms with Crippen molar-refractivity contribution in [1.82, 2.24) is 0 Å². The van der Waals surface area contributed by atoms with Crippen molar-refractivity contribution in [3.63, 3.8) is 0 Å². The van der Waals surface area contributed by atoms with Gasteiger partial charge in [-0.05, 0) is 30.2 Å². The van der Waals surface area contributed by atoms with Gasteiger partial charge in [0.15, 0.2) is 0 Å². The molecule has 110 valence electrons. The average molecular weight is 290 g/mol. The van der Waals surface area contributed by atoms with Crippen molar-refractivity contribution < 1.29 is 13.6 Å². The van der Waals surface area contributed by atoms with Crippen LogP contribution in [-0.4, -0.2) is 13.0 Å². The number of benzene rings is 2. The highest BCUT2D eigenvalue weighted by molar-refractivity contribution is 6.06. The number of hydrogen-bond acceptors (Lipinski definition) is 2. The monoisotopic (exact) mass is 290 g/mol. The second-order valence-electron chi connectivity index (χ2n) is 4.75. The maximum Gasteiger partial charge on any atom is 0.264 e. The fraction of sp³-hybridized carbons (Fsp3) is 0.188. The summed E-state index contributed by atoms with van der Waals surface area (Å²) in [4.78, 5) is 13.6. The van der Waals surface area contributed by atoms with Crippen molar-refractivity contribution in [2.45, 2.75) is 13.5 Å². The highest BCUT2D eigenvalue weighted by Crippen LogP contribution is 2.24. The Morgan fingerprint density at radius 2 is 1.86 bits per heavy atom. The third-order valence-electron chi connectivity index (χ3n) is 3.38. The second-order valence-corrected chi connectivity index (χ2v) is 4.75. The summed E-state index contributed by atoms with van der Waals surface area (Å²) in [6.07, 6.45) is 0. The van der Waals surface area contributed by atoms with Crippen LogP contribution in [0.3, 0.4) is 0 Å². The summed E-state index contributed by atoms with van der Waals surface area (Å²) in [5.74, 6) is -2.45. The van der Waals surface area contributed by atoms with Crippen LogP contribution in [0.5, 0.6) is 0 Å². The van der Waals surface area contributed by atoms with E-state index in [1.807, 2.05) is 0 Å². The Balaban J connectivity index is 2.47. The Hall–Kier alpha value is -2.27. The number of para-hydroxylation sites is 1. The third-order valence-corrected chi connectivity index (χ3v) is 3.38. The van der Waals surface area contributed by atoms with E-state index in [-0.39, 0.29) is 12.1 Å². The molecule has 5 heteroatoms. The number of hydrogen-bond donors (Lipinski definition) is 1. The smallest absolute Gasteiger partial charge is 0.264 e. The molecule has 0 bridgehead atoms. The van der Waals surface area contributed by atoms with Crippen molar-refractivity contribution in [3.8, 4) is 0 Å². The molecule has 2 aromatic carbocycles. The zero-order valence-corrected chi connectivity index (χ0v) is 11.9. The molecule has 0 saturated carbocycles. The molecule has 0 radical (unpaired) electrons. The van der Waals surface area contributed by atoms with Crippen molar-refractivity contribution in [3.05, 3.63) is 64.7 Å². The van der Waals surface area contributed by atoms with Crippen LogP contribution in [-0.2, 0) is 6.54 Å². The van der Waals surface area contributed by atoms with E-state index in [0.717, 1.165) is 11.6 Å². The molecule has 0 heterocycles. The molecule has 21 heavy (non-hydrogen) atoms. The Labute approximate surface area is 122 Å². The Kier molecular flexibility index (Phi) is 4.33. The Morgan fingerprint density at radius 1 is 1.19 bits per heavy atom. The van der Waals surface area contributed by atoms with Gasteiger partial charge in [-0.25, -0.2) is 8.78 Å². The van der Waals surface area contributed by atoms with Crippen LogP contribution in [0.2, 0.25) is 0 Å². The Bertz CT molecular complexity index is 686. The lowest BCUT2D eigenvalue weighted by molar-refractivity contribution is 0.0984.